The van der Waals surface area contributed by atoms with Crippen molar-refractivity contribution >= 4 is 44.1 Å². The van der Waals surface area contributed by atoms with Gasteiger partial charge in [0.05, 0.1) is 11.4 Å². The van der Waals surface area contributed by atoms with Gasteiger partial charge in [-0.05, 0) is 30.2 Å². The number of carbonyl (C=O) groups is 1. The highest BCUT2D eigenvalue weighted by molar-refractivity contribution is 7.84. The lowest BCUT2D eigenvalue weighted by Gasteiger charge is -2.07. The number of nitrogens with two attached hydrogens (primary N) is 2. The number of nitrogens with zero attached hydrogens (tertiary/aromatic N) is 1. The molecule has 130 valence electrons. The Morgan fingerprint density at radius 1 is 1.32 bits per heavy atom. The van der Waals surface area contributed by atoms with Crippen LogP contribution in [0.1, 0.15) is 12.5 Å². The predicted molar refractivity (Wildman–Crippen MR) is 101 cm³/mol. The first-order valence-corrected chi connectivity index (χ1v) is 9.91. The Hall–Kier alpha value is -2.45. The van der Waals surface area contributed by atoms with Gasteiger partial charge < -0.3 is 16.2 Å². The van der Waals surface area contributed by atoms with Gasteiger partial charge in [0, 0.05) is 32.9 Å². The van der Waals surface area contributed by atoms with Gasteiger partial charge in [-0.3, -0.25) is 4.21 Å². The molecule has 0 saturated heterocycles. The number of benzene rings is 1. The van der Waals surface area contributed by atoms with Gasteiger partial charge in [0.15, 0.2) is 0 Å². The average molecular weight is 375 g/mol. The molecule has 0 radical (unpaired) electrons. The van der Waals surface area contributed by atoms with Crippen LogP contribution in [0.2, 0.25) is 0 Å². The van der Waals surface area contributed by atoms with E-state index >= 15 is 0 Å². The van der Waals surface area contributed by atoms with Crippen LogP contribution in [0.3, 0.4) is 0 Å². The van der Waals surface area contributed by atoms with Crippen LogP contribution in [0.5, 0.6) is 5.06 Å². The zero-order chi connectivity index (χ0) is 18.1. The maximum absolute atomic E-state index is 11.5. The quantitative estimate of drug-likeness (QED) is 0.727. The fraction of sp³-hybridized carbons (Fsp3) is 0.176. The Bertz CT molecular complexity index is 981. The number of aryl methyl sites for hydroxylation is 1. The van der Waals surface area contributed by atoms with E-state index in [2.05, 4.69) is 4.98 Å². The number of primary amides is 1. The van der Waals surface area contributed by atoms with Gasteiger partial charge in [0.1, 0.15) is 4.83 Å². The number of fused-ring (bicyclic) bond motifs is 1. The molecule has 2 aromatic heterocycles. The van der Waals surface area contributed by atoms with Gasteiger partial charge in [-0.25, -0.2) is 9.78 Å². The van der Waals surface area contributed by atoms with E-state index in [1.165, 1.54) is 11.3 Å². The topological polar surface area (TPSA) is 108 Å². The van der Waals surface area contributed by atoms with Gasteiger partial charge in [0.2, 0.25) is 5.06 Å². The third kappa shape index (κ3) is 3.35. The van der Waals surface area contributed by atoms with Gasteiger partial charge in [-0.2, -0.15) is 0 Å². The van der Waals surface area contributed by atoms with Crippen LogP contribution < -0.4 is 16.2 Å². The Morgan fingerprint density at radius 3 is 2.56 bits per heavy atom. The molecule has 3 aromatic rings. The SMILES string of the molecule is CCc1cc(-c2ccc(S(C)=O)cc2)nc2sc(OC(N)=O)c(N)c12. The number of ether oxygens (including phenoxy) is 1. The number of aromatic nitrogens is 1. The molecule has 1 amide bonds. The zero-order valence-corrected chi connectivity index (χ0v) is 15.4. The number of rotatable bonds is 4. The number of carbonyl (C=O) groups excluding carboxylic acids is 1. The third-order valence-electron chi connectivity index (χ3n) is 3.80. The van der Waals surface area contributed by atoms with Crippen molar-refractivity contribution in [2.45, 2.75) is 18.2 Å². The van der Waals surface area contributed by atoms with Crippen molar-refractivity contribution in [2.24, 2.45) is 5.73 Å². The van der Waals surface area contributed by atoms with Crippen LogP contribution in [0.4, 0.5) is 10.5 Å². The molecule has 2 heterocycles. The number of pyridine rings is 1. The fourth-order valence-corrected chi connectivity index (χ4v) is 4.11. The lowest BCUT2D eigenvalue weighted by molar-refractivity contribution is 0.212. The maximum Gasteiger partial charge on any atom is 0.410 e. The largest absolute Gasteiger partial charge is 0.410 e. The number of amides is 1. The molecule has 0 aliphatic heterocycles. The summed E-state index contributed by atoms with van der Waals surface area (Å²) in [6, 6.07) is 9.41. The van der Waals surface area contributed by atoms with Crippen molar-refractivity contribution in [3.8, 4) is 16.3 Å². The Kier molecular flexibility index (Phi) is 4.73. The van der Waals surface area contributed by atoms with E-state index in [9.17, 15) is 9.00 Å². The van der Waals surface area contributed by atoms with Crippen LogP contribution in [-0.4, -0.2) is 21.5 Å². The molecule has 25 heavy (non-hydrogen) atoms. The summed E-state index contributed by atoms with van der Waals surface area (Å²) in [4.78, 5) is 17.1. The molecular formula is C17H17N3O3S2. The lowest BCUT2D eigenvalue weighted by Crippen LogP contribution is -2.16. The summed E-state index contributed by atoms with van der Waals surface area (Å²) in [6.07, 6.45) is 1.49. The highest BCUT2D eigenvalue weighted by Gasteiger charge is 2.18. The molecule has 3 rings (SSSR count). The molecule has 0 aliphatic rings. The Balaban J connectivity index is 2.14. The number of hydrogen-bond donors (Lipinski definition) is 2. The molecule has 0 fully saturated rings. The van der Waals surface area contributed by atoms with Crippen molar-refractivity contribution < 1.29 is 13.7 Å². The summed E-state index contributed by atoms with van der Waals surface area (Å²) >= 11 is 1.19. The molecule has 0 aliphatic carbocycles. The molecule has 1 aromatic carbocycles. The first-order valence-electron chi connectivity index (χ1n) is 7.53. The first-order chi connectivity index (χ1) is 11.9. The van der Waals surface area contributed by atoms with Crippen LogP contribution in [0.25, 0.3) is 21.5 Å². The van der Waals surface area contributed by atoms with Crippen molar-refractivity contribution in [1.82, 2.24) is 4.98 Å². The summed E-state index contributed by atoms with van der Waals surface area (Å²) in [5.74, 6) is 0. The molecular weight excluding hydrogens is 358 g/mol. The van der Waals surface area contributed by atoms with E-state index < -0.39 is 16.9 Å². The monoisotopic (exact) mass is 375 g/mol. The number of hydrogen-bond acceptors (Lipinski definition) is 6. The van der Waals surface area contributed by atoms with Crippen molar-refractivity contribution in [3.05, 3.63) is 35.9 Å². The molecule has 0 bridgehead atoms. The second kappa shape index (κ2) is 6.81. The molecule has 8 heteroatoms. The summed E-state index contributed by atoms with van der Waals surface area (Å²) in [5, 5.41) is 1.05. The van der Waals surface area contributed by atoms with E-state index in [0.717, 1.165) is 33.5 Å². The van der Waals surface area contributed by atoms with Gasteiger partial charge in [-0.1, -0.05) is 30.4 Å². The van der Waals surface area contributed by atoms with E-state index in [1.807, 2.05) is 37.3 Å². The van der Waals surface area contributed by atoms with E-state index in [0.29, 0.717) is 10.5 Å². The second-order valence-electron chi connectivity index (χ2n) is 5.40. The Labute approximate surface area is 151 Å². The summed E-state index contributed by atoms with van der Waals surface area (Å²) in [7, 11) is -1.02. The van der Waals surface area contributed by atoms with Gasteiger partial charge >= 0.3 is 6.09 Å². The highest BCUT2D eigenvalue weighted by atomic mass is 32.2. The number of nitrogen functional groups attached to an aromatic ring is 1. The van der Waals surface area contributed by atoms with Crippen LogP contribution in [0.15, 0.2) is 35.2 Å². The molecule has 0 saturated carbocycles. The minimum atomic E-state index is -1.02. The average Bonchev–Trinajstić information content (AvgIpc) is 2.89. The standard InChI is InChI=1S/C17H17N3O3S2/c1-3-9-8-12(10-4-6-11(7-5-10)25(2)22)20-15-13(9)14(18)16(24-15)23-17(19)21/h4-8H,3,18H2,1-2H3,(H2,19,21). The van der Waals surface area contributed by atoms with E-state index in [4.69, 9.17) is 16.2 Å². The third-order valence-corrected chi connectivity index (χ3v) is 5.72. The maximum atomic E-state index is 11.5. The molecule has 6 nitrogen and oxygen atoms in total. The van der Waals surface area contributed by atoms with Crippen LogP contribution >= 0.6 is 11.3 Å². The molecule has 1 unspecified atom stereocenters. The van der Waals surface area contributed by atoms with Gasteiger partial charge in [-0.15, -0.1) is 0 Å². The zero-order valence-electron chi connectivity index (χ0n) is 13.7. The van der Waals surface area contributed by atoms with E-state index in [1.54, 1.807) is 6.26 Å². The summed E-state index contributed by atoms with van der Waals surface area (Å²) in [6.45, 7) is 2.02. The highest BCUT2D eigenvalue weighted by Crippen LogP contribution is 2.42. The minimum absolute atomic E-state index is 0.263. The second-order valence-corrected chi connectivity index (χ2v) is 7.74. The van der Waals surface area contributed by atoms with Gasteiger partial charge in [0.25, 0.3) is 0 Å². The van der Waals surface area contributed by atoms with Crippen LogP contribution in [-0.2, 0) is 17.2 Å². The van der Waals surface area contributed by atoms with Crippen LogP contribution in [0, 0.1) is 0 Å². The summed E-state index contributed by atoms with van der Waals surface area (Å²) in [5.41, 5.74) is 14.3. The minimum Gasteiger partial charge on any atom is -0.397 e. The molecule has 1 atom stereocenters. The first kappa shape index (κ1) is 17.4. The molecule has 4 N–H and O–H groups in total. The Morgan fingerprint density at radius 2 is 2.00 bits per heavy atom. The predicted octanol–water partition coefficient (Wildman–Crippen LogP) is 3.30. The number of thiophene rings is 1. The normalized spacial score (nSPS) is 12.2. The lowest BCUT2D eigenvalue weighted by atomic mass is 10.0. The van der Waals surface area contributed by atoms with Crippen molar-refractivity contribution in [3.63, 3.8) is 0 Å². The van der Waals surface area contributed by atoms with Crippen molar-refractivity contribution in [1.29, 1.82) is 0 Å². The molecule has 0 spiro atoms. The smallest absolute Gasteiger partial charge is 0.397 e. The summed E-state index contributed by atoms with van der Waals surface area (Å²) < 4.78 is 16.5. The van der Waals surface area contributed by atoms with E-state index in [-0.39, 0.29) is 5.06 Å². The van der Waals surface area contributed by atoms with Crippen molar-refractivity contribution in [2.75, 3.05) is 12.0 Å². The number of anilines is 1. The fourth-order valence-electron chi connectivity index (χ4n) is 2.59.